The molecule has 6 heteroatoms. The standard InChI is InChI=1S/C16H15FN4O/c1-9-5-12-14(13(22)6-9)15(10-3-2-4-11(17)7-10)21-16(20-12)18-8-19-21/h2-4,7-9,15H,5-6H2,1H3,(H,18,19,20)/t9-,15+/m0/s1. The number of rotatable bonds is 1. The maximum Gasteiger partial charge on any atom is 0.226 e. The number of halogens is 1. The van der Waals surface area contributed by atoms with Crippen LogP contribution >= 0.6 is 0 Å². The molecule has 1 N–H and O–H groups in total. The molecule has 0 saturated carbocycles. The molecule has 0 unspecified atom stereocenters. The van der Waals surface area contributed by atoms with Gasteiger partial charge in [0.25, 0.3) is 0 Å². The Bertz CT molecular complexity index is 795. The summed E-state index contributed by atoms with van der Waals surface area (Å²) in [6.45, 7) is 2.06. The van der Waals surface area contributed by atoms with E-state index in [9.17, 15) is 9.18 Å². The van der Waals surface area contributed by atoms with Crippen molar-refractivity contribution in [3.8, 4) is 0 Å². The average molecular weight is 298 g/mol. The predicted molar refractivity (Wildman–Crippen MR) is 78.6 cm³/mol. The van der Waals surface area contributed by atoms with Gasteiger partial charge < -0.3 is 5.32 Å². The Balaban J connectivity index is 1.92. The molecule has 0 fully saturated rings. The molecule has 0 spiro atoms. The molecule has 1 aromatic carbocycles. The van der Waals surface area contributed by atoms with Crippen molar-refractivity contribution in [3.05, 3.63) is 53.2 Å². The van der Waals surface area contributed by atoms with Crippen LogP contribution in [-0.2, 0) is 4.79 Å². The van der Waals surface area contributed by atoms with E-state index in [2.05, 4.69) is 22.3 Å². The van der Waals surface area contributed by atoms with E-state index < -0.39 is 6.04 Å². The molecule has 2 aromatic rings. The van der Waals surface area contributed by atoms with Gasteiger partial charge in [-0.25, -0.2) is 9.07 Å². The lowest BCUT2D eigenvalue weighted by Crippen LogP contribution is -2.33. The summed E-state index contributed by atoms with van der Waals surface area (Å²) in [7, 11) is 0. The lowest BCUT2D eigenvalue weighted by Gasteiger charge is -2.34. The van der Waals surface area contributed by atoms with Crippen LogP contribution in [0.1, 0.15) is 31.4 Å². The Kier molecular flexibility index (Phi) is 2.85. The smallest absolute Gasteiger partial charge is 0.226 e. The summed E-state index contributed by atoms with van der Waals surface area (Å²) in [5, 5.41) is 7.43. The molecule has 1 aliphatic heterocycles. The Hall–Kier alpha value is -2.50. The van der Waals surface area contributed by atoms with E-state index in [1.165, 1.54) is 18.5 Å². The maximum absolute atomic E-state index is 13.6. The zero-order valence-corrected chi connectivity index (χ0v) is 12.1. The Morgan fingerprint density at radius 3 is 3.05 bits per heavy atom. The van der Waals surface area contributed by atoms with Crippen molar-refractivity contribution < 1.29 is 9.18 Å². The molecule has 1 aromatic heterocycles. The van der Waals surface area contributed by atoms with E-state index in [4.69, 9.17) is 0 Å². The third kappa shape index (κ3) is 1.94. The van der Waals surface area contributed by atoms with Crippen molar-refractivity contribution in [2.45, 2.75) is 25.8 Å². The fourth-order valence-corrected chi connectivity index (χ4v) is 3.33. The minimum Gasteiger partial charge on any atom is -0.328 e. The number of anilines is 1. The van der Waals surface area contributed by atoms with Gasteiger partial charge in [0.05, 0.1) is 0 Å². The first-order valence-corrected chi connectivity index (χ1v) is 7.31. The highest BCUT2D eigenvalue weighted by molar-refractivity contribution is 5.99. The van der Waals surface area contributed by atoms with Crippen LogP contribution < -0.4 is 5.32 Å². The average Bonchev–Trinajstić information content (AvgIpc) is 2.92. The van der Waals surface area contributed by atoms with Crippen molar-refractivity contribution in [1.29, 1.82) is 0 Å². The molecule has 1 aliphatic carbocycles. The second-order valence-electron chi connectivity index (χ2n) is 5.94. The van der Waals surface area contributed by atoms with Gasteiger partial charge in [0.15, 0.2) is 5.78 Å². The van der Waals surface area contributed by atoms with Gasteiger partial charge in [0.1, 0.15) is 18.2 Å². The molecule has 5 nitrogen and oxygen atoms in total. The molecular formula is C16H15FN4O. The van der Waals surface area contributed by atoms with Crippen LogP contribution in [0.3, 0.4) is 0 Å². The molecule has 0 bridgehead atoms. The van der Waals surface area contributed by atoms with Gasteiger partial charge in [-0.1, -0.05) is 19.1 Å². The Morgan fingerprint density at radius 1 is 1.36 bits per heavy atom. The minimum absolute atomic E-state index is 0.0941. The number of ketones is 1. The maximum atomic E-state index is 13.6. The number of carbonyl (C=O) groups is 1. The summed E-state index contributed by atoms with van der Waals surface area (Å²) >= 11 is 0. The quantitative estimate of drug-likeness (QED) is 0.879. The van der Waals surface area contributed by atoms with Crippen molar-refractivity contribution in [1.82, 2.24) is 14.8 Å². The third-order valence-corrected chi connectivity index (χ3v) is 4.23. The summed E-state index contributed by atoms with van der Waals surface area (Å²) in [6.07, 6.45) is 2.75. The molecule has 112 valence electrons. The van der Waals surface area contributed by atoms with Crippen LogP contribution in [0.25, 0.3) is 0 Å². The van der Waals surface area contributed by atoms with E-state index in [-0.39, 0.29) is 11.6 Å². The summed E-state index contributed by atoms with van der Waals surface area (Å²) in [5.74, 6) is 0.657. The van der Waals surface area contributed by atoms with Gasteiger partial charge in [-0.2, -0.15) is 10.1 Å². The molecule has 0 radical (unpaired) electrons. The van der Waals surface area contributed by atoms with Crippen LogP contribution in [0, 0.1) is 11.7 Å². The molecule has 2 aliphatic rings. The number of hydrogen-bond acceptors (Lipinski definition) is 4. The molecule has 2 atom stereocenters. The van der Waals surface area contributed by atoms with Gasteiger partial charge in [-0.05, 0) is 30.0 Å². The van der Waals surface area contributed by atoms with Gasteiger partial charge in [0.2, 0.25) is 5.95 Å². The Labute approximate surface area is 126 Å². The number of carbonyl (C=O) groups excluding carboxylic acids is 1. The van der Waals surface area contributed by atoms with Crippen molar-refractivity contribution in [2.24, 2.45) is 5.92 Å². The Morgan fingerprint density at radius 2 is 2.23 bits per heavy atom. The van der Waals surface area contributed by atoms with Crippen LogP contribution in [0.2, 0.25) is 0 Å². The van der Waals surface area contributed by atoms with Crippen LogP contribution in [0.5, 0.6) is 0 Å². The van der Waals surface area contributed by atoms with Gasteiger partial charge in [-0.3, -0.25) is 4.79 Å². The fraction of sp³-hybridized carbons (Fsp3) is 0.312. The third-order valence-electron chi connectivity index (χ3n) is 4.23. The number of aromatic nitrogens is 3. The lowest BCUT2D eigenvalue weighted by molar-refractivity contribution is -0.117. The molecule has 0 saturated heterocycles. The van der Waals surface area contributed by atoms with Gasteiger partial charge in [0, 0.05) is 17.7 Å². The van der Waals surface area contributed by atoms with E-state index in [1.54, 1.807) is 10.7 Å². The number of fused-ring (bicyclic) bond motifs is 1. The second-order valence-corrected chi connectivity index (χ2v) is 5.94. The highest BCUT2D eigenvalue weighted by Crippen LogP contribution is 2.40. The molecule has 22 heavy (non-hydrogen) atoms. The summed E-state index contributed by atoms with van der Waals surface area (Å²) < 4.78 is 15.3. The van der Waals surface area contributed by atoms with E-state index in [0.717, 1.165) is 12.1 Å². The largest absolute Gasteiger partial charge is 0.328 e. The van der Waals surface area contributed by atoms with Crippen molar-refractivity contribution >= 4 is 11.7 Å². The monoisotopic (exact) mass is 298 g/mol. The zero-order valence-electron chi connectivity index (χ0n) is 12.1. The summed E-state index contributed by atoms with van der Waals surface area (Å²) in [4.78, 5) is 16.8. The summed E-state index contributed by atoms with van der Waals surface area (Å²) in [6, 6.07) is 5.91. The number of nitrogens with zero attached hydrogens (tertiary/aromatic N) is 3. The molecule has 4 rings (SSSR count). The number of hydrogen-bond donors (Lipinski definition) is 1. The number of nitrogens with one attached hydrogen (secondary N) is 1. The lowest BCUT2D eigenvalue weighted by atomic mass is 9.81. The van der Waals surface area contributed by atoms with Crippen LogP contribution in [-0.4, -0.2) is 20.5 Å². The van der Waals surface area contributed by atoms with E-state index >= 15 is 0 Å². The van der Waals surface area contributed by atoms with Crippen molar-refractivity contribution in [2.75, 3.05) is 5.32 Å². The first-order valence-electron chi connectivity index (χ1n) is 7.31. The van der Waals surface area contributed by atoms with E-state index in [1.807, 2.05) is 6.07 Å². The van der Waals surface area contributed by atoms with Gasteiger partial charge in [-0.15, -0.1) is 0 Å². The van der Waals surface area contributed by atoms with E-state index in [0.29, 0.717) is 29.4 Å². The summed E-state index contributed by atoms with van der Waals surface area (Å²) in [5.41, 5.74) is 2.28. The topological polar surface area (TPSA) is 59.8 Å². The van der Waals surface area contributed by atoms with Crippen molar-refractivity contribution in [3.63, 3.8) is 0 Å². The highest BCUT2D eigenvalue weighted by atomic mass is 19.1. The van der Waals surface area contributed by atoms with Gasteiger partial charge >= 0.3 is 0 Å². The molecule has 2 heterocycles. The first-order chi connectivity index (χ1) is 10.6. The normalized spacial score (nSPS) is 23.8. The molecule has 0 amide bonds. The number of Topliss-reactive ketones (excluding diaryl/α,β-unsaturated/α-hetero) is 1. The first kappa shape index (κ1) is 13.2. The number of benzene rings is 1. The number of allylic oxidation sites excluding steroid dienone is 2. The van der Waals surface area contributed by atoms with Crippen LogP contribution in [0.15, 0.2) is 41.9 Å². The fourth-order valence-electron chi connectivity index (χ4n) is 3.33. The minimum atomic E-state index is -0.413. The van der Waals surface area contributed by atoms with Crippen LogP contribution in [0.4, 0.5) is 10.3 Å². The highest BCUT2D eigenvalue weighted by Gasteiger charge is 2.37. The zero-order chi connectivity index (χ0) is 15.3. The second kappa shape index (κ2) is 4.76. The SMILES string of the molecule is C[C@@H]1CC(=O)C2=C(C1)Nc1ncnn1[C@@H]2c1cccc(F)c1. The molecular weight excluding hydrogens is 283 g/mol. The predicted octanol–water partition coefficient (Wildman–Crippen LogP) is 2.69.